The Morgan fingerprint density at radius 1 is 1.20 bits per heavy atom. The van der Waals surface area contributed by atoms with Gasteiger partial charge in [-0.2, -0.15) is 5.21 Å². The molecule has 3 rings (SSSR count). The molecule has 0 aliphatic heterocycles. The Bertz CT molecular complexity index is 831. The van der Waals surface area contributed by atoms with Crippen LogP contribution < -0.4 is 15.2 Å². The van der Waals surface area contributed by atoms with Crippen molar-refractivity contribution < 1.29 is 9.53 Å². The SMILES string of the molecule is COc1ccccc1C[C@@H](C(=O)Nc1ccc(C)cc1)c1nnn[n-]1. The lowest BCUT2D eigenvalue weighted by molar-refractivity contribution is -0.117. The Hall–Kier alpha value is -3.22. The quantitative estimate of drug-likeness (QED) is 0.741. The first-order valence-electron chi connectivity index (χ1n) is 7.85. The molecule has 0 saturated carbocycles. The summed E-state index contributed by atoms with van der Waals surface area (Å²) in [5, 5.41) is 17.7. The maximum atomic E-state index is 12.8. The van der Waals surface area contributed by atoms with Crippen molar-refractivity contribution in [2.75, 3.05) is 12.4 Å². The zero-order valence-corrected chi connectivity index (χ0v) is 14.0. The highest BCUT2D eigenvalue weighted by molar-refractivity contribution is 5.95. The van der Waals surface area contributed by atoms with Crippen molar-refractivity contribution in [2.24, 2.45) is 0 Å². The van der Waals surface area contributed by atoms with Crippen molar-refractivity contribution in [1.82, 2.24) is 20.6 Å². The largest absolute Gasteiger partial charge is 0.496 e. The van der Waals surface area contributed by atoms with Crippen LogP contribution in [0.1, 0.15) is 22.9 Å². The average molecular weight is 336 g/mol. The molecule has 3 aromatic rings. The standard InChI is InChI=1S/C18H19N5O2/c1-12-7-9-14(10-8-12)19-18(24)15(17-20-22-23-21-17)11-13-5-3-4-6-16(13)25-2/h3-10,15H,11H2,1-2H3,(H2,19,20,21,22,23,24)/p-1/t15-/m1/s1. The molecule has 0 bridgehead atoms. The van der Waals surface area contributed by atoms with Crippen molar-refractivity contribution in [3.63, 3.8) is 0 Å². The van der Waals surface area contributed by atoms with Crippen LogP contribution >= 0.6 is 0 Å². The summed E-state index contributed by atoms with van der Waals surface area (Å²) < 4.78 is 5.37. The lowest BCUT2D eigenvalue weighted by atomic mass is 9.97. The van der Waals surface area contributed by atoms with Crippen molar-refractivity contribution >= 4 is 11.6 Å². The minimum absolute atomic E-state index is 0.218. The molecule has 0 unspecified atom stereocenters. The number of nitrogens with one attached hydrogen (secondary N) is 1. The Balaban J connectivity index is 1.84. The molecule has 1 atom stereocenters. The van der Waals surface area contributed by atoms with Gasteiger partial charge in [0.05, 0.1) is 13.0 Å². The number of para-hydroxylation sites is 1. The normalized spacial score (nSPS) is 11.8. The monoisotopic (exact) mass is 336 g/mol. The molecular formula is C18H18N5O2-. The van der Waals surface area contributed by atoms with Gasteiger partial charge in [0.2, 0.25) is 5.91 Å². The zero-order chi connectivity index (χ0) is 17.6. The van der Waals surface area contributed by atoms with E-state index in [9.17, 15) is 4.79 Å². The molecule has 128 valence electrons. The summed E-state index contributed by atoms with van der Waals surface area (Å²) in [6.07, 6.45) is 0.384. The molecule has 0 radical (unpaired) electrons. The van der Waals surface area contributed by atoms with E-state index in [4.69, 9.17) is 4.74 Å². The number of hydrogen-bond donors (Lipinski definition) is 1. The molecule has 0 fully saturated rings. The molecule has 25 heavy (non-hydrogen) atoms. The third kappa shape index (κ3) is 4.00. The van der Waals surface area contributed by atoms with Crippen LogP contribution in [0.15, 0.2) is 48.5 Å². The van der Waals surface area contributed by atoms with E-state index in [-0.39, 0.29) is 11.7 Å². The van der Waals surface area contributed by atoms with E-state index < -0.39 is 5.92 Å². The highest BCUT2D eigenvalue weighted by Gasteiger charge is 2.22. The molecule has 1 heterocycles. The molecule has 0 spiro atoms. The van der Waals surface area contributed by atoms with Crippen molar-refractivity contribution in [3.8, 4) is 5.75 Å². The van der Waals surface area contributed by atoms with Gasteiger partial charge in [-0.1, -0.05) is 35.9 Å². The number of hydrogen-bond acceptors (Lipinski definition) is 5. The number of tetrazole rings is 1. The number of rotatable bonds is 6. The van der Waals surface area contributed by atoms with Gasteiger partial charge in [0, 0.05) is 11.5 Å². The van der Waals surface area contributed by atoms with Crippen molar-refractivity contribution in [3.05, 3.63) is 65.5 Å². The summed E-state index contributed by atoms with van der Waals surface area (Å²) >= 11 is 0. The van der Waals surface area contributed by atoms with Gasteiger partial charge in [-0.3, -0.25) is 15.1 Å². The molecule has 0 aliphatic carbocycles. The van der Waals surface area contributed by atoms with Crippen LogP contribution in [0.25, 0.3) is 0 Å². The van der Waals surface area contributed by atoms with Gasteiger partial charge >= 0.3 is 0 Å². The molecule has 1 N–H and O–H groups in total. The van der Waals surface area contributed by atoms with Crippen LogP contribution in [0.3, 0.4) is 0 Å². The smallest absolute Gasteiger partial charge is 0.232 e. The van der Waals surface area contributed by atoms with E-state index in [0.717, 1.165) is 11.1 Å². The molecule has 7 heteroatoms. The molecule has 0 saturated heterocycles. The predicted molar refractivity (Wildman–Crippen MR) is 92.4 cm³/mol. The Morgan fingerprint density at radius 3 is 2.64 bits per heavy atom. The average Bonchev–Trinajstić information content (AvgIpc) is 3.16. The van der Waals surface area contributed by atoms with Gasteiger partial charge in [-0.25, -0.2) is 0 Å². The van der Waals surface area contributed by atoms with Crippen molar-refractivity contribution in [1.29, 1.82) is 0 Å². The number of aromatic nitrogens is 4. The second kappa shape index (κ2) is 7.57. The van der Waals surface area contributed by atoms with E-state index in [0.29, 0.717) is 17.9 Å². The molecule has 1 amide bonds. The summed E-state index contributed by atoms with van der Waals surface area (Å²) in [6.45, 7) is 1.99. The highest BCUT2D eigenvalue weighted by Crippen LogP contribution is 2.25. The second-order valence-electron chi connectivity index (χ2n) is 5.66. The van der Waals surface area contributed by atoms with Crippen LogP contribution in [0.5, 0.6) is 5.75 Å². The van der Waals surface area contributed by atoms with Crippen LogP contribution in [0.2, 0.25) is 0 Å². The Labute approximate surface area is 145 Å². The highest BCUT2D eigenvalue weighted by atomic mass is 16.5. The van der Waals surface area contributed by atoms with Gasteiger partial charge in [0.1, 0.15) is 5.75 Å². The van der Waals surface area contributed by atoms with Crippen LogP contribution in [-0.4, -0.2) is 28.5 Å². The van der Waals surface area contributed by atoms with Gasteiger partial charge < -0.3 is 15.2 Å². The maximum Gasteiger partial charge on any atom is 0.232 e. The number of nitrogens with zero attached hydrogens (tertiary/aromatic N) is 4. The van der Waals surface area contributed by atoms with Gasteiger partial charge in [-0.15, -0.1) is 0 Å². The molecule has 1 aromatic heterocycles. The molecular weight excluding hydrogens is 318 g/mol. The number of benzene rings is 2. The number of carbonyl (C=O) groups is 1. The Kier molecular flexibility index (Phi) is 5.03. The number of aryl methyl sites for hydroxylation is 1. The lowest BCUT2D eigenvalue weighted by Crippen LogP contribution is -2.24. The fourth-order valence-electron chi connectivity index (χ4n) is 2.55. The summed E-state index contributed by atoms with van der Waals surface area (Å²) in [5.74, 6) is 0.163. The fraction of sp³-hybridized carbons (Fsp3) is 0.222. The summed E-state index contributed by atoms with van der Waals surface area (Å²) in [6, 6.07) is 15.1. The molecule has 2 aromatic carbocycles. The second-order valence-corrected chi connectivity index (χ2v) is 5.66. The summed E-state index contributed by atoms with van der Waals surface area (Å²) in [4.78, 5) is 12.8. The third-order valence-electron chi connectivity index (χ3n) is 3.90. The topological polar surface area (TPSA) is 91.1 Å². The number of amides is 1. The minimum Gasteiger partial charge on any atom is -0.496 e. The lowest BCUT2D eigenvalue weighted by Gasteiger charge is -2.18. The van der Waals surface area contributed by atoms with E-state index in [1.165, 1.54) is 0 Å². The van der Waals surface area contributed by atoms with Crippen LogP contribution in [-0.2, 0) is 11.2 Å². The van der Waals surface area contributed by atoms with Gasteiger partial charge in [0.15, 0.2) is 0 Å². The van der Waals surface area contributed by atoms with E-state index in [2.05, 4.69) is 25.9 Å². The zero-order valence-electron chi connectivity index (χ0n) is 14.0. The van der Waals surface area contributed by atoms with Crippen LogP contribution in [0, 0.1) is 6.92 Å². The van der Waals surface area contributed by atoms with Gasteiger partial charge in [-0.05, 0) is 37.1 Å². The summed E-state index contributed by atoms with van der Waals surface area (Å²) in [7, 11) is 1.60. The number of methoxy groups -OCH3 is 1. The fourth-order valence-corrected chi connectivity index (χ4v) is 2.55. The van der Waals surface area contributed by atoms with E-state index >= 15 is 0 Å². The number of anilines is 1. The summed E-state index contributed by atoms with van der Waals surface area (Å²) in [5.41, 5.74) is 2.73. The van der Waals surface area contributed by atoms with Gasteiger partial charge in [0.25, 0.3) is 0 Å². The Morgan fingerprint density at radius 2 is 1.96 bits per heavy atom. The van der Waals surface area contributed by atoms with E-state index in [1.54, 1.807) is 7.11 Å². The number of carbonyl (C=O) groups excluding carboxylic acids is 1. The number of ether oxygens (including phenoxy) is 1. The first-order chi connectivity index (χ1) is 12.2. The molecule has 0 aliphatic rings. The van der Waals surface area contributed by atoms with Crippen molar-refractivity contribution in [2.45, 2.75) is 19.3 Å². The first kappa shape index (κ1) is 16.6. The van der Waals surface area contributed by atoms with Crippen LogP contribution in [0.4, 0.5) is 5.69 Å². The minimum atomic E-state index is -0.618. The first-order valence-corrected chi connectivity index (χ1v) is 7.85. The molecule has 7 nitrogen and oxygen atoms in total. The third-order valence-corrected chi connectivity index (χ3v) is 3.90. The predicted octanol–water partition coefficient (Wildman–Crippen LogP) is 2.11. The maximum absolute atomic E-state index is 12.8. The van der Waals surface area contributed by atoms with E-state index in [1.807, 2.05) is 55.5 Å².